The first-order chi connectivity index (χ1) is 4.97. The molecule has 10 heavy (non-hydrogen) atoms. The molecular weight excluding hydrogens is 128 g/mol. The molecule has 0 bridgehead atoms. The van der Waals surface area contributed by atoms with Crippen LogP contribution in [-0.2, 0) is 9.78 Å². The number of fused-ring (bicyclic) bond motifs is 1. The molecule has 0 aromatic heterocycles. The van der Waals surface area contributed by atoms with Crippen LogP contribution in [-0.4, -0.2) is 12.7 Å². The maximum absolute atomic E-state index is 5.18. The maximum Gasteiger partial charge on any atom is 0.0958 e. The minimum absolute atomic E-state index is 0.433. The quantitative estimate of drug-likeness (QED) is 0.481. The zero-order chi connectivity index (χ0) is 6.81. The van der Waals surface area contributed by atoms with Gasteiger partial charge in [-0.1, -0.05) is 12.8 Å². The Morgan fingerprint density at radius 2 is 1.90 bits per heavy atom. The van der Waals surface area contributed by atoms with Gasteiger partial charge in [-0.2, -0.15) is 0 Å². The topological polar surface area (TPSA) is 18.5 Å². The lowest BCUT2D eigenvalue weighted by Crippen LogP contribution is -2.33. The Bertz CT molecular complexity index is 87.8. The molecule has 1 saturated heterocycles. The lowest BCUT2D eigenvalue weighted by molar-refractivity contribution is -0.362. The van der Waals surface area contributed by atoms with Crippen LogP contribution in [0.3, 0.4) is 0 Å². The molecule has 2 fully saturated rings. The van der Waals surface area contributed by atoms with Gasteiger partial charge >= 0.3 is 0 Å². The van der Waals surface area contributed by atoms with Crippen LogP contribution < -0.4 is 0 Å². The largest absolute Gasteiger partial charge is 0.236 e. The van der Waals surface area contributed by atoms with Gasteiger partial charge in [0, 0.05) is 0 Å². The second-order valence-corrected chi connectivity index (χ2v) is 3.29. The molecule has 1 saturated carbocycles. The molecule has 0 radical (unpaired) electrons. The minimum Gasteiger partial charge on any atom is -0.236 e. The number of hydrogen-bond donors (Lipinski definition) is 0. The predicted molar refractivity (Wildman–Crippen MR) is 37.4 cm³/mol. The molecule has 2 nitrogen and oxygen atoms in total. The molecule has 2 atom stereocenters. The van der Waals surface area contributed by atoms with Crippen molar-refractivity contribution in [3.05, 3.63) is 0 Å². The molecule has 1 heterocycles. The first-order valence-electron chi connectivity index (χ1n) is 4.25. The molecule has 2 aliphatic rings. The van der Waals surface area contributed by atoms with Crippen molar-refractivity contribution in [1.82, 2.24) is 0 Å². The van der Waals surface area contributed by atoms with Gasteiger partial charge in [0.1, 0.15) is 0 Å². The average Bonchev–Trinajstić information content (AvgIpc) is 2.05. The molecule has 0 aromatic rings. The van der Waals surface area contributed by atoms with Crippen LogP contribution in [0.1, 0.15) is 32.1 Å². The highest BCUT2D eigenvalue weighted by molar-refractivity contribution is 4.76. The lowest BCUT2D eigenvalue weighted by atomic mass is 9.84. The predicted octanol–water partition coefficient (Wildman–Crippen LogP) is 1.90. The Hall–Kier alpha value is -0.0800. The average molecular weight is 142 g/mol. The first-order valence-corrected chi connectivity index (χ1v) is 4.25. The first kappa shape index (κ1) is 6.62. The zero-order valence-corrected chi connectivity index (χ0v) is 6.21. The summed E-state index contributed by atoms with van der Waals surface area (Å²) < 4.78 is 0. The van der Waals surface area contributed by atoms with Gasteiger partial charge in [-0.25, -0.2) is 9.78 Å². The Kier molecular flexibility index (Phi) is 1.91. The summed E-state index contributed by atoms with van der Waals surface area (Å²) in [4.78, 5) is 10.1. The van der Waals surface area contributed by atoms with Gasteiger partial charge < -0.3 is 0 Å². The van der Waals surface area contributed by atoms with Crippen LogP contribution in [0.4, 0.5) is 0 Å². The van der Waals surface area contributed by atoms with E-state index in [0.717, 1.165) is 12.5 Å². The highest BCUT2D eigenvalue weighted by Crippen LogP contribution is 2.31. The van der Waals surface area contributed by atoms with E-state index in [2.05, 4.69) is 0 Å². The fourth-order valence-electron chi connectivity index (χ4n) is 1.97. The second kappa shape index (κ2) is 2.89. The van der Waals surface area contributed by atoms with Crippen molar-refractivity contribution in [2.45, 2.75) is 38.2 Å². The van der Waals surface area contributed by atoms with Crippen molar-refractivity contribution in [2.75, 3.05) is 6.61 Å². The van der Waals surface area contributed by atoms with Crippen molar-refractivity contribution in [3.8, 4) is 0 Å². The monoisotopic (exact) mass is 142 g/mol. The molecule has 2 heteroatoms. The summed E-state index contributed by atoms with van der Waals surface area (Å²) in [5.74, 6) is 0.808. The van der Waals surface area contributed by atoms with E-state index in [1.807, 2.05) is 0 Å². The molecule has 0 aromatic carbocycles. The van der Waals surface area contributed by atoms with E-state index in [9.17, 15) is 0 Å². The maximum atomic E-state index is 5.18. The van der Waals surface area contributed by atoms with Crippen LogP contribution in [0.15, 0.2) is 0 Å². The lowest BCUT2D eigenvalue weighted by Gasteiger charge is -2.33. The third kappa shape index (κ3) is 1.18. The molecule has 0 N–H and O–H groups in total. The van der Waals surface area contributed by atoms with Crippen molar-refractivity contribution in [1.29, 1.82) is 0 Å². The van der Waals surface area contributed by atoms with E-state index in [-0.39, 0.29) is 0 Å². The van der Waals surface area contributed by atoms with E-state index in [1.54, 1.807) is 0 Å². The third-order valence-electron chi connectivity index (χ3n) is 2.60. The van der Waals surface area contributed by atoms with Crippen LogP contribution >= 0.6 is 0 Å². The molecular formula is C8H14O2. The summed E-state index contributed by atoms with van der Waals surface area (Å²) >= 11 is 0. The summed E-state index contributed by atoms with van der Waals surface area (Å²) in [6.07, 6.45) is 6.93. The number of rotatable bonds is 0. The van der Waals surface area contributed by atoms with Gasteiger partial charge in [-0.15, -0.1) is 0 Å². The van der Waals surface area contributed by atoms with Gasteiger partial charge in [0.05, 0.1) is 12.7 Å². The smallest absolute Gasteiger partial charge is 0.0958 e. The van der Waals surface area contributed by atoms with Crippen LogP contribution in [0.2, 0.25) is 0 Å². The van der Waals surface area contributed by atoms with Gasteiger partial charge in [0.15, 0.2) is 0 Å². The molecule has 0 unspecified atom stereocenters. The zero-order valence-electron chi connectivity index (χ0n) is 6.21. The summed E-state index contributed by atoms with van der Waals surface area (Å²) in [5, 5.41) is 0. The van der Waals surface area contributed by atoms with Gasteiger partial charge in [0.2, 0.25) is 0 Å². The van der Waals surface area contributed by atoms with E-state index >= 15 is 0 Å². The molecule has 58 valence electrons. The summed E-state index contributed by atoms with van der Waals surface area (Å²) in [6, 6.07) is 0. The molecule has 0 amide bonds. The Labute approximate surface area is 61.4 Å². The third-order valence-corrected chi connectivity index (χ3v) is 2.60. The highest BCUT2D eigenvalue weighted by atomic mass is 17.2. The van der Waals surface area contributed by atoms with Gasteiger partial charge in [-0.05, 0) is 25.2 Å². The molecule has 2 rings (SSSR count). The van der Waals surface area contributed by atoms with Crippen molar-refractivity contribution in [3.63, 3.8) is 0 Å². The summed E-state index contributed by atoms with van der Waals surface area (Å²) in [7, 11) is 0. The standard InChI is InChI=1S/C8H14O2/c1-2-4-8-7(3-1)5-6-9-10-8/h7-8H,1-6H2/t7-,8+/m0/s1. The van der Waals surface area contributed by atoms with Crippen LogP contribution in [0, 0.1) is 5.92 Å². The highest BCUT2D eigenvalue weighted by Gasteiger charge is 2.29. The van der Waals surface area contributed by atoms with Crippen LogP contribution in [0.5, 0.6) is 0 Å². The minimum atomic E-state index is 0.433. The number of hydrogen-bond acceptors (Lipinski definition) is 2. The Morgan fingerprint density at radius 1 is 1.00 bits per heavy atom. The van der Waals surface area contributed by atoms with Gasteiger partial charge in [0.25, 0.3) is 0 Å². The summed E-state index contributed by atoms with van der Waals surface area (Å²) in [5.41, 5.74) is 0. The van der Waals surface area contributed by atoms with E-state index in [0.29, 0.717) is 6.10 Å². The van der Waals surface area contributed by atoms with Crippen molar-refractivity contribution >= 4 is 0 Å². The fourth-order valence-corrected chi connectivity index (χ4v) is 1.97. The van der Waals surface area contributed by atoms with E-state index in [1.165, 1.54) is 32.1 Å². The second-order valence-electron chi connectivity index (χ2n) is 3.29. The molecule has 1 aliphatic carbocycles. The fraction of sp³-hybridized carbons (Fsp3) is 1.00. The normalized spacial score (nSPS) is 40.8. The van der Waals surface area contributed by atoms with E-state index < -0.39 is 0 Å². The molecule has 0 spiro atoms. The van der Waals surface area contributed by atoms with Crippen molar-refractivity contribution < 1.29 is 9.78 Å². The summed E-state index contributed by atoms with van der Waals surface area (Å²) in [6.45, 7) is 0.807. The Balaban J connectivity index is 1.93. The molecule has 1 aliphatic heterocycles. The van der Waals surface area contributed by atoms with Crippen molar-refractivity contribution in [2.24, 2.45) is 5.92 Å². The Morgan fingerprint density at radius 3 is 2.80 bits per heavy atom. The van der Waals surface area contributed by atoms with Crippen LogP contribution in [0.25, 0.3) is 0 Å². The van der Waals surface area contributed by atoms with Gasteiger partial charge in [-0.3, -0.25) is 0 Å². The SMILES string of the molecule is C1CC[C@H]2OOCC[C@@H]2C1. The van der Waals surface area contributed by atoms with E-state index in [4.69, 9.17) is 9.78 Å².